The zero-order valence-corrected chi connectivity index (χ0v) is 31.7. The number of allylic oxidation sites excluding steroid dienone is 4. The van der Waals surface area contributed by atoms with Crippen molar-refractivity contribution >= 4 is 50.2 Å². The van der Waals surface area contributed by atoms with E-state index < -0.39 is 39.9 Å². The summed E-state index contributed by atoms with van der Waals surface area (Å²) >= 11 is -5.52. The van der Waals surface area contributed by atoms with Crippen molar-refractivity contribution in [1.29, 1.82) is 0 Å². The van der Waals surface area contributed by atoms with E-state index in [1.165, 1.54) is 16.7 Å². The third-order valence-corrected chi connectivity index (χ3v) is 16.1. The average Bonchev–Trinajstić information content (AvgIpc) is 3.51. The van der Waals surface area contributed by atoms with E-state index in [1.54, 1.807) is 18.2 Å². The van der Waals surface area contributed by atoms with Crippen LogP contribution >= 0.6 is 0 Å². The Balaban J connectivity index is 1.24. The van der Waals surface area contributed by atoms with Crippen molar-refractivity contribution in [1.82, 2.24) is 0 Å². The van der Waals surface area contributed by atoms with Gasteiger partial charge in [-0.05, 0) is 0 Å². The van der Waals surface area contributed by atoms with Crippen LogP contribution in [0.1, 0.15) is 82.9 Å². The average molecular weight is 749 g/mol. The van der Waals surface area contributed by atoms with Crippen LogP contribution in [0.25, 0.3) is 32.3 Å². The number of carbonyl (C=O) groups excluding carboxylic acids is 3. The van der Waals surface area contributed by atoms with E-state index in [9.17, 15) is 14.4 Å². The third kappa shape index (κ3) is 5.98. The molecular weight excluding hydrogens is 708 g/mol. The second-order valence-corrected chi connectivity index (χ2v) is 18.6. The topological polar surface area (TPSA) is 78.9 Å². The Hall–Kier alpha value is -5.30. The van der Waals surface area contributed by atoms with E-state index in [2.05, 4.69) is 6.92 Å². The molecule has 0 saturated heterocycles. The molecule has 6 nitrogen and oxygen atoms in total. The molecule has 9 rings (SSSR count). The molecule has 6 aromatic rings. The molecule has 0 fully saturated rings. The van der Waals surface area contributed by atoms with Gasteiger partial charge in [0, 0.05) is 0 Å². The quantitative estimate of drug-likeness (QED) is 0.151. The van der Waals surface area contributed by atoms with Gasteiger partial charge in [0.05, 0.1) is 0 Å². The fourth-order valence-corrected chi connectivity index (χ4v) is 13.9. The molecule has 2 atom stereocenters. The van der Waals surface area contributed by atoms with Crippen molar-refractivity contribution < 1.29 is 42.1 Å². The van der Waals surface area contributed by atoms with Crippen molar-refractivity contribution in [2.45, 2.75) is 56.1 Å². The van der Waals surface area contributed by atoms with Gasteiger partial charge < -0.3 is 0 Å². The molecule has 0 aliphatic heterocycles. The first-order valence-electron chi connectivity index (χ1n) is 19.0. The Bertz CT molecular complexity index is 2320. The van der Waals surface area contributed by atoms with Crippen LogP contribution in [0.4, 0.5) is 0 Å². The summed E-state index contributed by atoms with van der Waals surface area (Å²) in [6.07, 6.45) is 6.54. The number of fused-ring (bicyclic) bond motifs is 4. The van der Waals surface area contributed by atoms with Gasteiger partial charge in [-0.2, -0.15) is 0 Å². The number of hydrogen-bond acceptors (Lipinski definition) is 6. The first-order chi connectivity index (χ1) is 26.4. The van der Waals surface area contributed by atoms with E-state index in [4.69, 9.17) is 9.96 Å². The van der Waals surface area contributed by atoms with E-state index in [0.29, 0.717) is 39.3 Å². The summed E-state index contributed by atoms with van der Waals surface area (Å²) in [7, 11) is 0. The number of hydrogen-bond donors (Lipinski definition) is 0. The first-order valence-corrected chi connectivity index (χ1v) is 21.8. The standard InChI is InChI=1S/C14H19.3C11H8O2.Ti/c1-10-11-6-2-4-8-13(11)14-9-5-3-7-12(10)14;3*12-11(13)10-7-3-5-8-4-1-2-6-9(8)10;/h6,10H,2-5,7-9H2,1H3;3*1-7H,(H,12,13);/q;;;;+3/p-3. The van der Waals surface area contributed by atoms with Gasteiger partial charge in [0.25, 0.3) is 0 Å². The second kappa shape index (κ2) is 14.2. The predicted molar refractivity (Wildman–Crippen MR) is 207 cm³/mol. The maximum absolute atomic E-state index is 14.8. The van der Waals surface area contributed by atoms with Gasteiger partial charge in [0.2, 0.25) is 0 Å². The summed E-state index contributed by atoms with van der Waals surface area (Å²) in [5.41, 5.74) is 6.22. The molecule has 0 spiro atoms. The van der Waals surface area contributed by atoms with Gasteiger partial charge in [-0.25, -0.2) is 0 Å². The monoisotopic (exact) mass is 748 g/mol. The van der Waals surface area contributed by atoms with Gasteiger partial charge in [0.15, 0.2) is 0 Å². The Labute approximate surface area is 319 Å². The number of rotatable bonds is 7. The molecule has 2 unspecified atom stereocenters. The molecule has 0 saturated carbocycles. The summed E-state index contributed by atoms with van der Waals surface area (Å²) in [4.78, 5) is 44.5. The molecule has 0 N–H and O–H groups in total. The van der Waals surface area contributed by atoms with Gasteiger partial charge in [-0.1, -0.05) is 0 Å². The molecule has 268 valence electrons. The van der Waals surface area contributed by atoms with Crippen LogP contribution < -0.4 is 0 Å². The van der Waals surface area contributed by atoms with Crippen molar-refractivity contribution in [2.75, 3.05) is 0 Å². The SMILES string of the molecule is CC1C2=C(CCCC2)C2=C1[CH]([Ti]([O]C(=O)c1cccc3ccccc13)([O]C(=O)c1cccc3ccccc13)[O]C(=O)c1cccc3ccccc13)CCC2. The molecule has 7 heteroatoms. The van der Waals surface area contributed by atoms with E-state index in [-0.39, 0.29) is 5.92 Å². The summed E-state index contributed by atoms with van der Waals surface area (Å²) in [6, 6.07) is 39.3. The minimum atomic E-state index is -5.52. The van der Waals surface area contributed by atoms with E-state index >= 15 is 0 Å². The zero-order valence-electron chi connectivity index (χ0n) is 30.2. The van der Waals surface area contributed by atoms with Crippen LogP contribution in [0, 0.1) is 5.92 Å². The summed E-state index contributed by atoms with van der Waals surface area (Å²) in [5, 5.41) is 4.73. The third-order valence-electron chi connectivity index (χ3n) is 11.7. The molecule has 0 amide bonds. The Kier molecular flexibility index (Phi) is 9.04. The van der Waals surface area contributed by atoms with Crippen LogP contribution in [0.3, 0.4) is 0 Å². The first kappa shape index (κ1) is 34.5. The van der Waals surface area contributed by atoms with Gasteiger partial charge in [0.1, 0.15) is 0 Å². The Morgan fingerprint density at radius 3 is 1.39 bits per heavy atom. The Morgan fingerprint density at radius 1 is 0.500 bits per heavy atom. The van der Waals surface area contributed by atoms with Crippen LogP contribution in [0.2, 0.25) is 4.22 Å². The molecular formula is C47H40O6Ti. The molecule has 0 aromatic heterocycles. The fourth-order valence-electron chi connectivity index (χ4n) is 9.23. The molecule has 6 aromatic carbocycles. The minimum absolute atomic E-state index is 0.0642. The summed E-state index contributed by atoms with van der Waals surface area (Å²) in [6.45, 7) is 2.22. The molecule has 0 bridgehead atoms. The maximum atomic E-state index is 14.8. The van der Waals surface area contributed by atoms with Gasteiger partial charge >= 0.3 is 321 Å². The van der Waals surface area contributed by atoms with Crippen molar-refractivity contribution in [2.24, 2.45) is 5.92 Å². The number of carbonyl (C=O) groups is 3. The zero-order chi connectivity index (χ0) is 36.8. The van der Waals surface area contributed by atoms with E-state index in [1.807, 2.05) is 109 Å². The van der Waals surface area contributed by atoms with Crippen molar-refractivity contribution in [3.63, 3.8) is 0 Å². The van der Waals surface area contributed by atoms with Gasteiger partial charge in [-0.3, -0.25) is 0 Å². The second-order valence-electron chi connectivity index (χ2n) is 14.7. The van der Waals surface area contributed by atoms with Crippen LogP contribution in [-0.4, -0.2) is 17.9 Å². The Morgan fingerprint density at radius 2 is 0.907 bits per heavy atom. The summed E-state index contributed by atoms with van der Waals surface area (Å²) < 4.78 is 19.8. The van der Waals surface area contributed by atoms with Crippen molar-refractivity contribution in [3.05, 3.63) is 166 Å². The molecule has 54 heavy (non-hydrogen) atoms. The van der Waals surface area contributed by atoms with E-state index in [0.717, 1.165) is 60.3 Å². The molecule has 0 heterocycles. The normalized spacial score (nSPS) is 18.4. The molecule has 3 aliphatic rings. The number of benzene rings is 6. The van der Waals surface area contributed by atoms with Crippen LogP contribution in [0.15, 0.2) is 150 Å². The molecule has 0 radical (unpaired) electrons. The molecule has 3 aliphatic carbocycles. The van der Waals surface area contributed by atoms with Gasteiger partial charge in [-0.15, -0.1) is 0 Å². The fraction of sp³-hybridized carbons (Fsp3) is 0.213. The van der Waals surface area contributed by atoms with Crippen LogP contribution in [0.5, 0.6) is 0 Å². The van der Waals surface area contributed by atoms with Crippen LogP contribution in [-0.2, 0) is 27.7 Å². The summed E-state index contributed by atoms with van der Waals surface area (Å²) in [5.74, 6) is -1.94. The predicted octanol–water partition coefficient (Wildman–Crippen LogP) is 11.7. The van der Waals surface area contributed by atoms with Crippen molar-refractivity contribution in [3.8, 4) is 0 Å².